The molecule has 0 spiro atoms. The Hall–Kier alpha value is -2.80. The van der Waals surface area contributed by atoms with Gasteiger partial charge in [0, 0.05) is 31.7 Å². The predicted octanol–water partition coefficient (Wildman–Crippen LogP) is 1.81. The van der Waals surface area contributed by atoms with E-state index in [0.29, 0.717) is 22.9 Å². The number of hydrogen-bond acceptors (Lipinski definition) is 6. The SMILES string of the molecule is CN1CCN(c2ccc(NC(=O)c3ccc4c(c3)OCO4)nc2)CC1. The first-order valence-electron chi connectivity index (χ1n) is 8.29. The zero-order valence-corrected chi connectivity index (χ0v) is 14.1. The lowest BCUT2D eigenvalue weighted by molar-refractivity contribution is 0.102. The van der Waals surface area contributed by atoms with Gasteiger partial charge in [-0.2, -0.15) is 0 Å². The second-order valence-electron chi connectivity index (χ2n) is 6.21. The maximum absolute atomic E-state index is 12.4. The van der Waals surface area contributed by atoms with E-state index in [1.807, 2.05) is 12.1 Å². The van der Waals surface area contributed by atoms with E-state index in [4.69, 9.17) is 9.47 Å². The van der Waals surface area contributed by atoms with E-state index in [9.17, 15) is 4.79 Å². The number of carbonyl (C=O) groups excluding carboxylic acids is 1. The number of piperazine rings is 1. The average molecular weight is 340 g/mol. The van der Waals surface area contributed by atoms with Crippen LogP contribution in [-0.2, 0) is 0 Å². The molecular weight excluding hydrogens is 320 g/mol. The highest BCUT2D eigenvalue weighted by atomic mass is 16.7. The second-order valence-corrected chi connectivity index (χ2v) is 6.21. The Balaban J connectivity index is 1.41. The summed E-state index contributed by atoms with van der Waals surface area (Å²) in [6.07, 6.45) is 1.81. The van der Waals surface area contributed by atoms with Crippen molar-refractivity contribution in [3.63, 3.8) is 0 Å². The summed E-state index contributed by atoms with van der Waals surface area (Å²) in [7, 11) is 2.13. The monoisotopic (exact) mass is 340 g/mol. The largest absolute Gasteiger partial charge is 0.454 e. The molecule has 130 valence electrons. The Morgan fingerprint density at radius 3 is 2.64 bits per heavy atom. The molecule has 1 aromatic carbocycles. The molecule has 1 N–H and O–H groups in total. The summed E-state index contributed by atoms with van der Waals surface area (Å²) in [6, 6.07) is 8.95. The van der Waals surface area contributed by atoms with Gasteiger partial charge in [0.1, 0.15) is 5.82 Å². The number of rotatable bonds is 3. The van der Waals surface area contributed by atoms with Gasteiger partial charge in [-0.15, -0.1) is 0 Å². The molecule has 3 heterocycles. The molecule has 2 aliphatic rings. The van der Waals surface area contributed by atoms with Gasteiger partial charge in [0.05, 0.1) is 11.9 Å². The van der Waals surface area contributed by atoms with Crippen LogP contribution in [0.4, 0.5) is 11.5 Å². The minimum Gasteiger partial charge on any atom is -0.454 e. The van der Waals surface area contributed by atoms with Gasteiger partial charge < -0.3 is 24.6 Å². The lowest BCUT2D eigenvalue weighted by Crippen LogP contribution is -2.44. The van der Waals surface area contributed by atoms with Gasteiger partial charge >= 0.3 is 0 Å². The summed E-state index contributed by atoms with van der Waals surface area (Å²) in [5.41, 5.74) is 1.59. The lowest BCUT2D eigenvalue weighted by Gasteiger charge is -2.33. The van der Waals surface area contributed by atoms with Crippen molar-refractivity contribution in [2.45, 2.75) is 0 Å². The molecule has 0 aliphatic carbocycles. The van der Waals surface area contributed by atoms with Gasteiger partial charge in [0.2, 0.25) is 6.79 Å². The molecule has 1 saturated heterocycles. The van der Waals surface area contributed by atoms with Gasteiger partial charge in [-0.1, -0.05) is 0 Å². The van der Waals surface area contributed by atoms with E-state index >= 15 is 0 Å². The Bertz CT molecular complexity index is 770. The van der Waals surface area contributed by atoms with Gasteiger partial charge in [0.15, 0.2) is 11.5 Å². The summed E-state index contributed by atoms with van der Waals surface area (Å²) in [5, 5.41) is 2.81. The number of nitrogens with zero attached hydrogens (tertiary/aromatic N) is 3. The number of ether oxygens (including phenoxy) is 2. The summed E-state index contributed by atoms with van der Waals surface area (Å²) in [5.74, 6) is 1.55. The molecule has 2 aliphatic heterocycles. The molecule has 7 nitrogen and oxygen atoms in total. The fourth-order valence-electron chi connectivity index (χ4n) is 2.94. The number of nitrogens with one attached hydrogen (secondary N) is 1. The summed E-state index contributed by atoms with van der Waals surface area (Å²) < 4.78 is 10.6. The maximum Gasteiger partial charge on any atom is 0.256 e. The number of fused-ring (bicyclic) bond motifs is 1. The van der Waals surface area contributed by atoms with Gasteiger partial charge in [0.25, 0.3) is 5.91 Å². The highest BCUT2D eigenvalue weighted by Gasteiger charge is 2.17. The van der Waals surface area contributed by atoms with Crippen LogP contribution in [0.25, 0.3) is 0 Å². The standard InChI is InChI=1S/C18H20N4O3/c1-21-6-8-22(9-7-21)14-3-5-17(19-11-14)20-18(23)13-2-4-15-16(10-13)25-12-24-15/h2-5,10-11H,6-9,12H2,1H3,(H,19,20,23). The van der Waals surface area contributed by atoms with E-state index in [-0.39, 0.29) is 12.7 Å². The molecule has 1 aromatic heterocycles. The molecular formula is C18H20N4O3. The molecule has 25 heavy (non-hydrogen) atoms. The first-order chi connectivity index (χ1) is 12.2. The Kier molecular flexibility index (Phi) is 4.15. The zero-order chi connectivity index (χ0) is 17.2. The molecule has 1 amide bonds. The van der Waals surface area contributed by atoms with Crippen molar-refractivity contribution in [1.29, 1.82) is 0 Å². The van der Waals surface area contributed by atoms with Gasteiger partial charge in [-0.05, 0) is 37.4 Å². The lowest BCUT2D eigenvalue weighted by atomic mass is 10.2. The molecule has 2 aromatic rings. The van der Waals surface area contributed by atoms with E-state index in [2.05, 4.69) is 27.1 Å². The Labute approximate surface area is 146 Å². The van der Waals surface area contributed by atoms with Crippen LogP contribution in [-0.4, -0.2) is 55.8 Å². The molecule has 4 rings (SSSR count). The zero-order valence-electron chi connectivity index (χ0n) is 14.1. The topological polar surface area (TPSA) is 66.9 Å². The van der Waals surface area contributed by atoms with E-state index < -0.39 is 0 Å². The highest BCUT2D eigenvalue weighted by Crippen LogP contribution is 2.32. The van der Waals surface area contributed by atoms with Crippen molar-refractivity contribution in [3.8, 4) is 11.5 Å². The molecule has 1 fully saturated rings. The van der Waals surface area contributed by atoms with Crippen molar-refractivity contribution in [1.82, 2.24) is 9.88 Å². The highest BCUT2D eigenvalue weighted by molar-refractivity contribution is 6.04. The van der Waals surface area contributed by atoms with Crippen molar-refractivity contribution in [2.75, 3.05) is 50.2 Å². The number of amides is 1. The third-order valence-corrected chi connectivity index (χ3v) is 4.49. The Morgan fingerprint density at radius 1 is 1.08 bits per heavy atom. The quantitative estimate of drug-likeness (QED) is 0.919. The normalized spacial score (nSPS) is 16.8. The van der Waals surface area contributed by atoms with Crippen molar-refractivity contribution in [2.24, 2.45) is 0 Å². The first-order valence-corrected chi connectivity index (χ1v) is 8.29. The van der Waals surface area contributed by atoms with E-state index in [1.54, 1.807) is 24.4 Å². The first kappa shape index (κ1) is 15.7. The van der Waals surface area contributed by atoms with Crippen LogP contribution < -0.4 is 19.7 Å². The van der Waals surface area contributed by atoms with Crippen LogP contribution in [0.3, 0.4) is 0 Å². The fourth-order valence-corrected chi connectivity index (χ4v) is 2.94. The van der Waals surface area contributed by atoms with Crippen LogP contribution in [0.1, 0.15) is 10.4 Å². The molecule has 0 atom stereocenters. The third kappa shape index (κ3) is 3.36. The average Bonchev–Trinajstić information content (AvgIpc) is 3.11. The second kappa shape index (κ2) is 6.60. The molecule has 0 bridgehead atoms. The predicted molar refractivity (Wildman–Crippen MR) is 94.5 cm³/mol. The maximum atomic E-state index is 12.4. The number of carbonyl (C=O) groups is 1. The number of benzene rings is 1. The molecule has 0 saturated carbocycles. The van der Waals surface area contributed by atoms with Crippen LogP contribution in [0, 0.1) is 0 Å². The number of aromatic nitrogens is 1. The third-order valence-electron chi connectivity index (χ3n) is 4.49. The van der Waals surface area contributed by atoms with Gasteiger partial charge in [-0.3, -0.25) is 4.79 Å². The van der Waals surface area contributed by atoms with Crippen LogP contribution in [0.5, 0.6) is 11.5 Å². The number of hydrogen-bond donors (Lipinski definition) is 1. The minimum absolute atomic E-state index is 0.190. The fraction of sp³-hybridized carbons (Fsp3) is 0.333. The number of likely N-dealkylation sites (N-methyl/N-ethyl adjacent to an activating group) is 1. The summed E-state index contributed by atoms with van der Waals surface area (Å²) in [4.78, 5) is 21.4. The van der Waals surface area contributed by atoms with E-state index in [1.165, 1.54) is 0 Å². The summed E-state index contributed by atoms with van der Waals surface area (Å²) in [6.45, 7) is 4.25. The van der Waals surface area contributed by atoms with Crippen molar-refractivity contribution >= 4 is 17.4 Å². The summed E-state index contributed by atoms with van der Waals surface area (Å²) >= 11 is 0. The smallest absolute Gasteiger partial charge is 0.256 e. The van der Waals surface area contributed by atoms with Gasteiger partial charge in [-0.25, -0.2) is 4.98 Å². The minimum atomic E-state index is -0.224. The van der Waals surface area contributed by atoms with Crippen LogP contribution in [0.15, 0.2) is 36.5 Å². The Morgan fingerprint density at radius 2 is 1.88 bits per heavy atom. The van der Waals surface area contributed by atoms with E-state index in [0.717, 1.165) is 31.9 Å². The van der Waals surface area contributed by atoms with Crippen molar-refractivity contribution in [3.05, 3.63) is 42.1 Å². The molecule has 0 unspecified atom stereocenters. The molecule has 0 radical (unpaired) electrons. The number of pyridine rings is 1. The number of anilines is 2. The van der Waals surface area contributed by atoms with Crippen LogP contribution in [0.2, 0.25) is 0 Å². The van der Waals surface area contributed by atoms with Crippen LogP contribution >= 0.6 is 0 Å². The molecule has 7 heteroatoms. The van der Waals surface area contributed by atoms with Crippen molar-refractivity contribution < 1.29 is 14.3 Å².